The lowest BCUT2D eigenvalue weighted by Gasteiger charge is -2.26. The number of hydrogen-bond donors (Lipinski definition) is 0. The first-order valence-electron chi connectivity index (χ1n) is 8.19. The summed E-state index contributed by atoms with van der Waals surface area (Å²) in [5.74, 6) is 2.26. The first-order valence-corrected chi connectivity index (χ1v) is 8.57. The van der Waals surface area contributed by atoms with E-state index in [1.165, 1.54) is 32.4 Å². The molecular formula is C19H23Cl2NO2. The van der Waals surface area contributed by atoms with E-state index in [1.807, 2.05) is 48.5 Å². The average molecular weight is 368 g/mol. The Morgan fingerprint density at radius 2 is 1.54 bits per heavy atom. The Balaban J connectivity index is 0.00000208. The van der Waals surface area contributed by atoms with Crippen molar-refractivity contribution in [3.8, 4) is 17.2 Å². The predicted molar refractivity (Wildman–Crippen MR) is 101 cm³/mol. The SMILES string of the molecule is Cl.Clc1ccc(Oc2ccccc2OCCN2CCCCC2)cc1. The molecular weight excluding hydrogens is 345 g/mol. The molecule has 0 N–H and O–H groups in total. The first-order chi connectivity index (χ1) is 11.3. The Hall–Kier alpha value is -1.42. The molecule has 1 aliphatic rings. The van der Waals surface area contributed by atoms with Crippen molar-refractivity contribution in [2.24, 2.45) is 0 Å². The second-order valence-corrected chi connectivity index (χ2v) is 6.19. The Morgan fingerprint density at radius 1 is 0.875 bits per heavy atom. The van der Waals surface area contributed by atoms with Gasteiger partial charge in [-0.25, -0.2) is 0 Å². The van der Waals surface area contributed by atoms with Crippen molar-refractivity contribution in [1.82, 2.24) is 4.90 Å². The van der Waals surface area contributed by atoms with Crippen molar-refractivity contribution < 1.29 is 9.47 Å². The van der Waals surface area contributed by atoms with Crippen LogP contribution in [0, 0.1) is 0 Å². The van der Waals surface area contributed by atoms with Gasteiger partial charge in [-0.2, -0.15) is 0 Å². The molecule has 0 amide bonds. The molecule has 0 aromatic heterocycles. The van der Waals surface area contributed by atoms with Crippen LogP contribution in [0.5, 0.6) is 17.2 Å². The number of piperidine rings is 1. The predicted octanol–water partition coefficient (Wildman–Crippen LogP) is 5.42. The number of ether oxygens (including phenoxy) is 2. The fraction of sp³-hybridized carbons (Fsp3) is 0.368. The highest BCUT2D eigenvalue weighted by Gasteiger charge is 2.11. The van der Waals surface area contributed by atoms with Gasteiger partial charge in [-0.05, 0) is 62.3 Å². The van der Waals surface area contributed by atoms with Crippen LogP contribution in [0.3, 0.4) is 0 Å². The van der Waals surface area contributed by atoms with E-state index in [2.05, 4.69) is 4.90 Å². The van der Waals surface area contributed by atoms with E-state index < -0.39 is 0 Å². The van der Waals surface area contributed by atoms with Gasteiger partial charge in [0, 0.05) is 11.6 Å². The summed E-state index contributed by atoms with van der Waals surface area (Å²) in [5.41, 5.74) is 0. The Morgan fingerprint density at radius 3 is 2.25 bits per heavy atom. The number of hydrogen-bond acceptors (Lipinski definition) is 3. The summed E-state index contributed by atoms with van der Waals surface area (Å²) in [6, 6.07) is 15.1. The molecule has 0 saturated carbocycles. The molecule has 1 heterocycles. The summed E-state index contributed by atoms with van der Waals surface area (Å²) >= 11 is 5.90. The molecule has 0 atom stereocenters. The van der Waals surface area contributed by atoms with E-state index in [0.29, 0.717) is 11.6 Å². The summed E-state index contributed by atoms with van der Waals surface area (Å²) in [4.78, 5) is 2.46. The van der Waals surface area contributed by atoms with Crippen LogP contribution in [0.1, 0.15) is 19.3 Å². The highest BCUT2D eigenvalue weighted by molar-refractivity contribution is 6.30. The summed E-state index contributed by atoms with van der Waals surface area (Å²) in [5, 5.41) is 0.698. The molecule has 0 spiro atoms. The maximum Gasteiger partial charge on any atom is 0.169 e. The zero-order valence-corrected chi connectivity index (χ0v) is 15.2. The Labute approximate surface area is 154 Å². The van der Waals surface area contributed by atoms with Gasteiger partial charge >= 0.3 is 0 Å². The van der Waals surface area contributed by atoms with Crippen molar-refractivity contribution in [3.63, 3.8) is 0 Å². The molecule has 0 aliphatic carbocycles. The topological polar surface area (TPSA) is 21.7 Å². The maximum absolute atomic E-state index is 5.94. The van der Waals surface area contributed by atoms with Gasteiger partial charge in [0.15, 0.2) is 11.5 Å². The molecule has 2 aromatic carbocycles. The molecule has 3 rings (SSSR count). The molecule has 3 nitrogen and oxygen atoms in total. The Kier molecular flexibility index (Phi) is 7.70. The van der Waals surface area contributed by atoms with Crippen LogP contribution in [-0.4, -0.2) is 31.1 Å². The lowest BCUT2D eigenvalue weighted by atomic mass is 10.1. The molecule has 2 aromatic rings. The third-order valence-corrected chi connectivity index (χ3v) is 4.26. The molecule has 0 unspecified atom stereocenters. The number of nitrogens with zero attached hydrogens (tertiary/aromatic N) is 1. The summed E-state index contributed by atoms with van der Waals surface area (Å²) in [7, 11) is 0. The second-order valence-electron chi connectivity index (χ2n) is 5.75. The van der Waals surface area contributed by atoms with Gasteiger partial charge in [0.05, 0.1) is 0 Å². The first kappa shape index (κ1) is 18.9. The molecule has 0 bridgehead atoms. The lowest BCUT2D eigenvalue weighted by Crippen LogP contribution is -2.33. The fourth-order valence-corrected chi connectivity index (χ4v) is 2.88. The minimum absolute atomic E-state index is 0. The molecule has 1 fully saturated rings. The van der Waals surface area contributed by atoms with Crippen molar-refractivity contribution in [3.05, 3.63) is 53.6 Å². The van der Waals surface area contributed by atoms with E-state index in [4.69, 9.17) is 21.1 Å². The monoisotopic (exact) mass is 367 g/mol. The van der Waals surface area contributed by atoms with Gasteiger partial charge < -0.3 is 9.47 Å². The minimum atomic E-state index is 0. The molecule has 1 saturated heterocycles. The van der Waals surface area contributed by atoms with Crippen LogP contribution >= 0.6 is 24.0 Å². The average Bonchev–Trinajstić information content (AvgIpc) is 2.59. The maximum atomic E-state index is 5.94. The van der Waals surface area contributed by atoms with E-state index >= 15 is 0 Å². The van der Waals surface area contributed by atoms with Crippen LogP contribution in [0.4, 0.5) is 0 Å². The number of rotatable bonds is 6. The largest absolute Gasteiger partial charge is 0.488 e. The van der Waals surface area contributed by atoms with E-state index in [0.717, 1.165) is 23.8 Å². The van der Waals surface area contributed by atoms with Crippen LogP contribution in [0.2, 0.25) is 5.02 Å². The van der Waals surface area contributed by atoms with Crippen LogP contribution in [0.15, 0.2) is 48.5 Å². The van der Waals surface area contributed by atoms with Crippen molar-refractivity contribution in [2.75, 3.05) is 26.2 Å². The third kappa shape index (κ3) is 5.59. The number of benzene rings is 2. The lowest BCUT2D eigenvalue weighted by molar-refractivity contribution is 0.181. The van der Waals surface area contributed by atoms with Crippen molar-refractivity contribution in [1.29, 1.82) is 0 Å². The number of likely N-dealkylation sites (tertiary alicyclic amines) is 1. The van der Waals surface area contributed by atoms with Crippen LogP contribution in [0.25, 0.3) is 0 Å². The second kappa shape index (κ2) is 9.77. The molecule has 0 radical (unpaired) electrons. The van der Waals surface area contributed by atoms with Gasteiger partial charge in [0.25, 0.3) is 0 Å². The standard InChI is InChI=1S/C19H22ClNO2.ClH/c20-16-8-10-17(11-9-16)23-19-7-3-2-6-18(19)22-15-14-21-12-4-1-5-13-21;/h2-3,6-11H,1,4-5,12-15H2;1H. The molecule has 5 heteroatoms. The molecule has 24 heavy (non-hydrogen) atoms. The van der Waals surface area contributed by atoms with Gasteiger partial charge in [0.2, 0.25) is 0 Å². The van der Waals surface area contributed by atoms with Crippen LogP contribution in [-0.2, 0) is 0 Å². The van der Waals surface area contributed by atoms with Gasteiger partial charge in [0.1, 0.15) is 12.4 Å². The number of halogens is 2. The molecule has 1 aliphatic heterocycles. The van der Waals surface area contributed by atoms with E-state index in [9.17, 15) is 0 Å². The summed E-state index contributed by atoms with van der Waals surface area (Å²) in [6.45, 7) is 4.02. The molecule has 130 valence electrons. The van der Waals surface area contributed by atoms with Gasteiger partial charge in [-0.15, -0.1) is 12.4 Å². The van der Waals surface area contributed by atoms with Gasteiger partial charge in [-0.3, -0.25) is 4.90 Å². The quantitative estimate of drug-likeness (QED) is 0.680. The third-order valence-electron chi connectivity index (χ3n) is 4.00. The fourth-order valence-electron chi connectivity index (χ4n) is 2.75. The summed E-state index contributed by atoms with van der Waals surface area (Å²) < 4.78 is 11.9. The number of para-hydroxylation sites is 2. The van der Waals surface area contributed by atoms with Crippen molar-refractivity contribution in [2.45, 2.75) is 19.3 Å². The smallest absolute Gasteiger partial charge is 0.169 e. The van der Waals surface area contributed by atoms with Crippen LogP contribution < -0.4 is 9.47 Å². The van der Waals surface area contributed by atoms with Gasteiger partial charge in [-0.1, -0.05) is 30.2 Å². The highest BCUT2D eigenvalue weighted by Crippen LogP contribution is 2.31. The normalized spacial score (nSPS) is 14.7. The van der Waals surface area contributed by atoms with Crippen molar-refractivity contribution >= 4 is 24.0 Å². The zero-order chi connectivity index (χ0) is 15.9. The van der Waals surface area contributed by atoms with E-state index in [1.54, 1.807) is 0 Å². The minimum Gasteiger partial charge on any atom is -0.488 e. The van der Waals surface area contributed by atoms with E-state index in [-0.39, 0.29) is 12.4 Å². The summed E-state index contributed by atoms with van der Waals surface area (Å²) in [6.07, 6.45) is 3.96. The Bertz CT molecular complexity index is 613. The zero-order valence-electron chi connectivity index (χ0n) is 13.6. The highest BCUT2D eigenvalue weighted by atomic mass is 35.5.